The molecule has 0 radical (unpaired) electrons. The fourth-order valence-corrected chi connectivity index (χ4v) is 2.62. The van der Waals surface area contributed by atoms with Crippen LogP contribution in [0.4, 0.5) is 32.0 Å². The van der Waals surface area contributed by atoms with Gasteiger partial charge in [-0.15, -0.1) is 0 Å². The summed E-state index contributed by atoms with van der Waals surface area (Å²) >= 11 is 5.54. The van der Waals surface area contributed by atoms with Crippen LogP contribution in [-0.2, 0) is 11.0 Å². The predicted octanol–water partition coefficient (Wildman–Crippen LogP) is 5.61. The zero-order chi connectivity index (χ0) is 23.4. The lowest BCUT2D eigenvalue weighted by molar-refractivity contribution is -0.137. The van der Waals surface area contributed by atoms with Crippen molar-refractivity contribution in [3.8, 4) is 0 Å². The zero-order valence-electron chi connectivity index (χ0n) is 15.8. The third kappa shape index (κ3) is 7.32. The van der Waals surface area contributed by atoms with Crippen LogP contribution in [0.1, 0.15) is 27.0 Å². The first-order valence-electron chi connectivity index (χ1n) is 8.57. The van der Waals surface area contributed by atoms with E-state index in [1.165, 1.54) is 24.3 Å². The SMILES string of the molecule is Cc1ccc(C(=O)NCC(F)(F)F)cc1NC(=O)/C=C/c1ccc(Cl)c(C(F)(F)F)c1. The summed E-state index contributed by atoms with van der Waals surface area (Å²) in [5.74, 6) is -1.70. The number of carbonyl (C=O) groups is 2. The Balaban J connectivity index is 2.13. The van der Waals surface area contributed by atoms with Crippen LogP contribution in [0.2, 0.25) is 5.02 Å². The molecule has 0 aliphatic carbocycles. The average Bonchev–Trinajstić information content (AvgIpc) is 2.65. The standard InChI is InChI=1S/C20H15ClF6N2O2/c1-11-2-5-13(18(31)28-10-19(22,23)24)9-16(11)29-17(30)7-4-12-3-6-15(21)14(8-12)20(25,26)27/h2-9H,10H2,1H3,(H,28,31)(H,29,30)/b7-4+. The monoisotopic (exact) mass is 464 g/mol. The molecule has 0 bridgehead atoms. The second kappa shape index (κ2) is 9.42. The van der Waals surface area contributed by atoms with Crippen molar-refractivity contribution in [1.29, 1.82) is 0 Å². The van der Waals surface area contributed by atoms with Gasteiger partial charge in [-0.05, 0) is 48.4 Å². The molecule has 0 saturated carbocycles. The molecule has 0 unspecified atom stereocenters. The van der Waals surface area contributed by atoms with Gasteiger partial charge < -0.3 is 10.6 Å². The quantitative estimate of drug-likeness (QED) is 0.446. The second-order valence-corrected chi connectivity index (χ2v) is 6.79. The zero-order valence-corrected chi connectivity index (χ0v) is 16.5. The van der Waals surface area contributed by atoms with E-state index in [9.17, 15) is 35.9 Å². The Morgan fingerprint density at radius 1 is 1.03 bits per heavy atom. The van der Waals surface area contributed by atoms with Gasteiger partial charge in [0.05, 0.1) is 10.6 Å². The van der Waals surface area contributed by atoms with Crippen molar-refractivity contribution in [1.82, 2.24) is 5.32 Å². The topological polar surface area (TPSA) is 58.2 Å². The van der Waals surface area contributed by atoms with Crippen molar-refractivity contribution < 1.29 is 35.9 Å². The summed E-state index contributed by atoms with van der Waals surface area (Å²) in [7, 11) is 0. The van der Waals surface area contributed by atoms with Gasteiger partial charge in [-0.25, -0.2) is 0 Å². The Hall–Kier alpha value is -3.01. The number of hydrogen-bond acceptors (Lipinski definition) is 2. The Morgan fingerprint density at radius 2 is 1.71 bits per heavy atom. The summed E-state index contributed by atoms with van der Waals surface area (Å²) in [5.41, 5.74) is -0.419. The van der Waals surface area contributed by atoms with Gasteiger partial charge in [-0.3, -0.25) is 9.59 Å². The molecule has 11 heteroatoms. The first kappa shape index (κ1) is 24.3. The molecule has 2 aromatic rings. The minimum atomic E-state index is -4.66. The van der Waals surface area contributed by atoms with Crippen LogP contribution in [0.15, 0.2) is 42.5 Å². The maximum Gasteiger partial charge on any atom is 0.417 e. The number of carbonyl (C=O) groups excluding carboxylic acids is 2. The number of aryl methyl sites for hydroxylation is 1. The lowest BCUT2D eigenvalue weighted by Gasteiger charge is -2.11. The molecule has 0 saturated heterocycles. The highest BCUT2D eigenvalue weighted by atomic mass is 35.5. The van der Waals surface area contributed by atoms with Crippen LogP contribution in [0, 0.1) is 6.92 Å². The molecule has 0 aromatic heterocycles. The molecule has 0 spiro atoms. The molecular formula is C20H15ClF6N2O2. The third-order valence-corrected chi connectivity index (χ3v) is 4.26. The van der Waals surface area contributed by atoms with Crippen molar-refractivity contribution in [2.45, 2.75) is 19.3 Å². The lowest BCUT2D eigenvalue weighted by atomic mass is 10.1. The van der Waals surface area contributed by atoms with Crippen molar-refractivity contribution in [2.24, 2.45) is 0 Å². The predicted molar refractivity (Wildman–Crippen MR) is 104 cm³/mol. The first-order chi connectivity index (χ1) is 14.3. The minimum absolute atomic E-state index is 0.0730. The molecule has 0 heterocycles. The van der Waals surface area contributed by atoms with E-state index in [0.29, 0.717) is 5.56 Å². The van der Waals surface area contributed by atoms with E-state index in [1.54, 1.807) is 12.2 Å². The molecule has 2 aromatic carbocycles. The van der Waals surface area contributed by atoms with E-state index < -0.39 is 41.3 Å². The van der Waals surface area contributed by atoms with Gasteiger partial charge in [-0.2, -0.15) is 26.3 Å². The van der Waals surface area contributed by atoms with E-state index >= 15 is 0 Å². The summed E-state index contributed by atoms with van der Waals surface area (Å²) in [6, 6.07) is 7.03. The number of nitrogens with one attached hydrogen (secondary N) is 2. The summed E-state index contributed by atoms with van der Waals surface area (Å²) in [6.45, 7) is 0.0800. The lowest BCUT2D eigenvalue weighted by Crippen LogP contribution is -2.33. The Labute approximate surface area is 177 Å². The number of halogens is 7. The maximum atomic E-state index is 12.9. The van der Waals surface area contributed by atoms with Gasteiger partial charge in [-0.1, -0.05) is 23.7 Å². The van der Waals surface area contributed by atoms with Gasteiger partial charge >= 0.3 is 12.4 Å². The number of alkyl halides is 6. The van der Waals surface area contributed by atoms with Gasteiger partial charge in [0, 0.05) is 17.3 Å². The molecule has 166 valence electrons. The normalized spacial score (nSPS) is 12.1. The summed E-state index contributed by atoms with van der Waals surface area (Å²) in [5, 5.41) is 3.66. The van der Waals surface area contributed by atoms with Crippen LogP contribution in [-0.4, -0.2) is 24.5 Å². The van der Waals surface area contributed by atoms with Gasteiger partial charge in [0.1, 0.15) is 6.54 Å². The fourth-order valence-electron chi connectivity index (χ4n) is 2.39. The van der Waals surface area contributed by atoms with E-state index in [1.807, 2.05) is 0 Å². The smallest absolute Gasteiger partial charge is 0.343 e. The van der Waals surface area contributed by atoms with Crippen molar-refractivity contribution >= 4 is 35.2 Å². The maximum absolute atomic E-state index is 12.9. The molecule has 2 amide bonds. The highest BCUT2D eigenvalue weighted by molar-refractivity contribution is 6.31. The molecule has 2 N–H and O–H groups in total. The molecule has 2 rings (SSSR count). The third-order valence-electron chi connectivity index (χ3n) is 3.93. The van der Waals surface area contributed by atoms with Gasteiger partial charge in [0.15, 0.2) is 0 Å². The molecule has 0 aliphatic rings. The number of amides is 2. The van der Waals surface area contributed by atoms with Crippen LogP contribution < -0.4 is 10.6 Å². The molecule has 31 heavy (non-hydrogen) atoms. The van der Waals surface area contributed by atoms with Crippen molar-refractivity contribution in [3.63, 3.8) is 0 Å². The van der Waals surface area contributed by atoms with Gasteiger partial charge in [0.25, 0.3) is 5.91 Å². The van der Waals surface area contributed by atoms with Crippen LogP contribution >= 0.6 is 11.6 Å². The Kier molecular flexibility index (Phi) is 7.37. The minimum Gasteiger partial charge on any atom is -0.343 e. The number of hydrogen-bond donors (Lipinski definition) is 2. The molecule has 0 fully saturated rings. The van der Waals surface area contributed by atoms with E-state index in [0.717, 1.165) is 24.3 Å². The largest absolute Gasteiger partial charge is 0.417 e. The fraction of sp³-hybridized carbons (Fsp3) is 0.200. The van der Waals surface area contributed by atoms with E-state index in [-0.39, 0.29) is 16.8 Å². The van der Waals surface area contributed by atoms with Crippen LogP contribution in [0.25, 0.3) is 6.08 Å². The summed E-state index contributed by atoms with van der Waals surface area (Å²) in [6.07, 6.45) is -7.13. The average molecular weight is 465 g/mol. The Morgan fingerprint density at radius 3 is 2.32 bits per heavy atom. The number of benzene rings is 2. The summed E-state index contributed by atoms with van der Waals surface area (Å²) in [4.78, 5) is 24.0. The summed E-state index contributed by atoms with van der Waals surface area (Å²) < 4.78 is 75.4. The molecule has 0 aliphatic heterocycles. The van der Waals surface area contributed by atoms with Gasteiger partial charge in [0.2, 0.25) is 5.91 Å². The molecule has 0 atom stereocenters. The van der Waals surface area contributed by atoms with Crippen molar-refractivity contribution in [2.75, 3.05) is 11.9 Å². The van der Waals surface area contributed by atoms with E-state index in [4.69, 9.17) is 11.6 Å². The first-order valence-corrected chi connectivity index (χ1v) is 8.95. The van der Waals surface area contributed by atoms with Crippen molar-refractivity contribution in [3.05, 3.63) is 69.8 Å². The van der Waals surface area contributed by atoms with Crippen LogP contribution in [0.3, 0.4) is 0 Å². The number of anilines is 1. The van der Waals surface area contributed by atoms with Crippen LogP contribution in [0.5, 0.6) is 0 Å². The highest BCUT2D eigenvalue weighted by Gasteiger charge is 2.33. The highest BCUT2D eigenvalue weighted by Crippen LogP contribution is 2.35. The molecular weight excluding hydrogens is 450 g/mol. The number of rotatable bonds is 5. The second-order valence-electron chi connectivity index (χ2n) is 6.39. The molecule has 4 nitrogen and oxygen atoms in total. The van der Waals surface area contributed by atoms with E-state index in [2.05, 4.69) is 5.32 Å². The Bertz CT molecular complexity index is 1020.